The first kappa shape index (κ1) is 43.4. The van der Waals surface area contributed by atoms with Crippen LogP contribution in [0.5, 0.6) is 5.75 Å². The Morgan fingerprint density at radius 3 is 2.00 bits per heavy atom. The van der Waals surface area contributed by atoms with E-state index in [0.717, 1.165) is 43.2 Å². The fourth-order valence-electron chi connectivity index (χ4n) is 5.28. The summed E-state index contributed by atoms with van der Waals surface area (Å²) in [7, 11) is -2.58. The third kappa shape index (κ3) is 9.92. The van der Waals surface area contributed by atoms with Crippen molar-refractivity contribution in [3.05, 3.63) is 64.0 Å². The molecule has 294 valence electrons. The molecule has 0 saturated carbocycles. The molecule has 0 N–H and O–H groups in total. The van der Waals surface area contributed by atoms with Gasteiger partial charge in [0.15, 0.2) is 0 Å². The van der Waals surface area contributed by atoms with Crippen molar-refractivity contribution >= 4 is 21.3 Å². The minimum atomic E-state index is -6.51. The van der Waals surface area contributed by atoms with Crippen LogP contribution >= 0.6 is 10.3 Å². The number of hydrogen-bond donors (Lipinski definition) is 0. The fourth-order valence-corrected chi connectivity index (χ4v) is 7.36. The van der Waals surface area contributed by atoms with E-state index in [0.29, 0.717) is 18.4 Å². The Hall–Kier alpha value is -3.05. The molecule has 3 aromatic rings. The Balaban J connectivity index is 1.77. The van der Waals surface area contributed by atoms with Crippen molar-refractivity contribution in [1.82, 2.24) is 0 Å². The van der Waals surface area contributed by atoms with Gasteiger partial charge in [-0.2, -0.15) is 48.3 Å². The van der Waals surface area contributed by atoms with Crippen LogP contribution in [0.15, 0.2) is 51.7 Å². The van der Waals surface area contributed by atoms with Crippen LogP contribution in [0.2, 0.25) is 0 Å². The highest BCUT2D eigenvalue weighted by atomic mass is 32.3. The van der Waals surface area contributed by atoms with Gasteiger partial charge in [-0.3, -0.25) is 0 Å². The Bertz CT molecular complexity index is 1690. The summed E-state index contributed by atoms with van der Waals surface area (Å²) in [4.78, 5) is 12.8. The molecule has 0 fully saturated rings. The van der Waals surface area contributed by atoms with Crippen molar-refractivity contribution in [2.45, 2.75) is 89.2 Å². The molecule has 0 bridgehead atoms. The highest BCUT2D eigenvalue weighted by Gasteiger charge is 2.79. The van der Waals surface area contributed by atoms with Crippen molar-refractivity contribution in [3.63, 3.8) is 0 Å². The molecule has 0 saturated heterocycles. The second kappa shape index (κ2) is 17.0. The highest BCUT2D eigenvalue weighted by molar-refractivity contribution is 8.29. The first-order chi connectivity index (χ1) is 24.1. The van der Waals surface area contributed by atoms with E-state index in [4.69, 9.17) is 18.1 Å². The number of hydrogen-bond acceptors (Lipinski definition) is 5. The van der Waals surface area contributed by atoms with Crippen molar-refractivity contribution < 1.29 is 66.4 Å². The summed E-state index contributed by atoms with van der Waals surface area (Å²) >= 11 is 0. The van der Waals surface area contributed by atoms with Crippen LogP contribution < -0.4 is 10.4 Å². The van der Waals surface area contributed by atoms with Crippen LogP contribution in [-0.4, -0.2) is 61.5 Å². The molecule has 1 heterocycles. The lowest BCUT2D eigenvalue weighted by Gasteiger charge is -2.39. The predicted molar refractivity (Wildman–Crippen MR) is 177 cm³/mol. The van der Waals surface area contributed by atoms with E-state index in [1.807, 2.05) is 6.92 Å². The van der Waals surface area contributed by atoms with Gasteiger partial charge in [-0.15, -0.1) is 10.3 Å². The summed E-state index contributed by atoms with van der Waals surface area (Å²) in [5, 5.41) is 0.0735. The Kier molecular flexibility index (Phi) is 14.1. The van der Waals surface area contributed by atoms with Gasteiger partial charge >= 0.3 is 35.5 Å². The smallest absolute Gasteiger partial charge is 0.417 e. The Morgan fingerprint density at radius 1 is 0.750 bits per heavy atom. The number of halogens is 11. The third-order valence-electron chi connectivity index (χ3n) is 8.24. The van der Waals surface area contributed by atoms with Gasteiger partial charge in [0.1, 0.15) is 11.3 Å². The van der Waals surface area contributed by atoms with Gasteiger partial charge < -0.3 is 18.1 Å². The quantitative estimate of drug-likeness (QED) is 0.0649. The molecule has 3 rings (SSSR count). The molecule has 1 unspecified atom stereocenters. The summed E-state index contributed by atoms with van der Waals surface area (Å²) in [6, 6.07) is 7.91. The molecule has 1 aromatic heterocycles. The monoisotopic (exact) mass is 782 g/mol. The number of benzene rings is 2. The van der Waals surface area contributed by atoms with Crippen molar-refractivity contribution in [3.8, 4) is 16.9 Å². The second-order valence-corrected chi connectivity index (χ2v) is 15.5. The molecule has 0 amide bonds. The molecular formula is C35H41F11O5S. The zero-order valence-electron chi connectivity index (χ0n) is 28.9. The number of ether oxygens (including phenoxy) is 2. The summed E-state index contributed by atoms with van der Waals surface area (Å²) in [6.07, 6.45) is -4.74. The largest absolute Gasteiger partial charge is 0.493 e. The molecule has 2 aromatic carbocycles. The second-order valence-electron chi connectivity index (χ2n) is 12.3. The van der Waals surface area contributed by atoms with Gasteiger partial charge in [-0.05, 0) is 62.8 Å². The lowest BCUT2D eigenvalue weighted by Crippen LogP contribution is -2.62. The third-order valence-corrected chi connectivity index (χ3v) is 10.8. The summed E-state index contributed by atoms with van der Waals surface area (Å²) in [5.74, 6) is -25.7. The Morgan fingerprint density at radius 2 is 1.40 bits per heavy atom. The van der Waals surface area contributed by atoms with E-state index in [2.05, 4.69) is 0 Å². The molecule has 52 heavy (non-hydrogen) atoms. The maximum Gasteiger partial charge on any atom is 0.417 e. The molecule has 0 aliphatic carbocycles. The van der Waals surface area contributed by atoms with Crippen LogP contribution in [0.1, 0.15) is 64.0 Å². The first-order valence-electron chi connectivity index (χ1n) is 16.4. The minimum absolute atomic E-state index is 0.0179. The average Bonchev–Trinajstić information content (AvgIpc) is 3.06. The van der Waals surface area contributed by atoms with E-state index in [1.165, 1.54) is 25.3 Å². The van der Waals surface area contributed by atoms with Crippen LogP contribution in [0.25, 0.3) is 22.1 Å². The molecule has 1 atom stereocenters. The highest BCUT2D eigenvalue weighted by Crippen LogP contribution is 2.56. The lowest BCUT2D eigenvalue weighted by molar-refractivity contribution is -0.367. The van der Waals surface area contributed by atoms with Crippen LogP contribution in [0.3, 0.4) is 0 Å². The van der Waals surface area contributed by atoms with Crippen LogP contribution in [0, 0.1) is 0 Å². The SMILES string of the molecule is CCCCCc1ccc(-c2cc3ccc(OCCC(F)(F)C(F)(F)C(F)(F)C(F)(F)CCS(C)(COCC)OCC)cc3oc2=O)c(C(F)(F)F)c1. The number of aryl methyl sites for hydroxylation is 1. The van der Waals surface area contributed by atoms with Crippen molar-refractivity contribution in [1.29, 1.82) is 0 Å². The van der Waals surface area contributed by atoms with Gasteiger partial charge in [-0.1, -0.05) is 31.9 Å². The topological polar surface area (TPSA) is 57.9 Å². The van der Waals surface area contributed by atoms with E-state index < -0.39 is 87.7 Å². The van der Waals surface area contributed by atoms with Gasteiger partial charge in [0.2, 0.25) is 0 Å². The van der Waals surface area contributed by atoms with E-state index in [-0.39, 0.29) is 35.9 Å². The minimum Gasteiger partial charge on any atom is -0.493 e. The van der Waals surface area contributed by atoms with Gasteiger partial charge in [-0.25, -0.2) is 4.79 Å². The first-order valence-corrected chi connectivity index (χ1v) is 18.7. The number of rotatable bonds is 20. The van der Waals surface area contributed by atoms with E-state index in [9.17, 15) is 53.1 Å². The number of unbranched alkanes of at least 4 members (excludes halogenated alkanes) is 2. The fraction of sp³-hybridized carbons (Fsp3) is 0.571. The van der Waals surface area contributed by atoms with Crippen LogP contribution in [-0.2, 0) is 21.5 Å². The van der Waals surface area contributed by atoms with Crippen molar-refractivity contribution in [2.75, 3.05) is 37.8 Å². The van der Waals surface area contributed by atoms with Gasteiger partial charge in [0.25, 0.3) is 0 Å². The Labute approximate surface area is 295 Å². The van der Waals surface area contributed by atoms with E-state index >= 15 is 0 Å². The maximum atomic E-state index is 14.6. The molecule has 0 spiro atoms. The molecule has 5 nitrogen and oxygen atoms in total. The number of fused-ring (bicyclic) bond motifs is 1. The molecule has 0 radical (unpaired) electrons. The maximum absolute atomic E-state index is 14.6. The normalized spacial score (nSPS) is 15.1. The summed E-state index contributed by atoms with van der Waals surface area (Å²) in [6.45, 7) is 3.76. The molecule has 17 heteroatoms. The number of alkyl halides is 11. The van der Waals surface area contributed by atoms with Gasteiger partial charge in [0.05, 0.1) is 36.7 Å². The zero-order chi connectivity index (χ0) is 39.2. The molecular weight excluding hydrogens is 741 g/mol. The van der Waals surface area contributed by atoms with Crippen LogP contribution in [0.4, 0.5) is 48.3 Å². The van der Waals surface area contributed by atoms with Gasteiger partial charge in [0, 0.05) is 35.8 Å². The molecule has 0 aliphatic heterocycles. The predicted octanol–water partition coefficient (Wildman–Crippen LogP) is 11.3. The lowest BCUT2D eigenvalue weighted by atomic mass is 9.95. The summed E-state index contributed by atoms with van der Waals surface area (Å²) in [5.41, 5.74) is -2.97. The van der Waals surface area contributed by atoms with E-state index in [1.54, 1.807) is 6.92 Å². The zero-order valence-corrected chi connectivity index (χ0v) is 29.7. The van der Waals surface area contributed by atoms with Crippen molar-refractivity contribution in [2.24, 2.45) is 0 Å². The average molecular weight is 783 g/mol. The summed E-state index contributed by atoms with van der Waals surface area (Å²) < 4.78 is 179. The standard InChI is InChI=1S/C35H41F11O5S/c1-5-8-9-10-23-11-14-26(28(19-23)33(40,41)42)27-20-24-12-13-25(21-29(24)51-30(27)47)49-17-15-31(36,37)34(43,44)35(45,46)32(38,39)16-18-52(4,50-7-3)22-48-6-2/h11-14,19-21H,5-10,15-18,22H2,1-4H3. The molecule has 0 aliphatic rings.